The minimum absolute atomic E-state index is 0.0435. The fourth-order valence-electron chi connectivity index (χ4n) is 2.06. The first-order valence-electron chi connectivity index (χ1n) is 6.37. The van der Waals surface area contributed by atoms with Crippen LogP contribution in [0.25, 0.3) is 0 Å². The molecule has 1 aromatic rings. The summed E-state index contributed by atoms with van der Waals surface area (Å²) in [5.74, 6) is -1.85. The summed E-state index contributed by atoms with van der Waals surface area (Å²) in [6.45, 7) is 1.65. The topological polar surface area (TPSA) is 90.5 Å². The van der Waals surface area contributed by atoms with Crippen LogP contribution in [0.2, 0.25) is 0 Å². The van der Waals surface area contributed by atoms with Crippen molar-refractivity contribution in [1.82, 2.24) is 10.6 Å². The SMILES string of the molecule is O=C(Nc1cc(C(=O)O)ccc1F)NC1CCNCC1. The van der Waals surface area contributed by atoms with Crippen LogP contribution in [0.5, 0.6) is 0 Å². The summed E-state index contributed by atoms with van der Waals surface area (Å²) in [6, 6.07) is 2.77. The van der Waals surface area contributed by atoms with E-state index in [-0.39, 0.29) is 17.3 Å². The number of rotatable bonds is 3. The van der Waals surface area contributed by atoms with E-state index < -0.39 is 17.8 Å². The molecule has 0 unspecified atom stereocenters. The lowest BCUT2D eigenvalue weighted by molar-refractivity contribution is 0.0697. The van der Waals surface area contributed by atoms with Gasteiger partial charge in [0.25, 0.3) is 0 Å². The fourth-order valence-corrected chi connectivity index (χ4v) is 2.06. The van der Waals surface area contributed by atoms with E-state index in [1.54, 1.807) is 0 Å². The molecule has 0 aromatic heterocycles. The molecule has 6 nitrogen and oxygen atoms in total. The predicted octanol–water partition coefficient (Wildman–Crippen LogP) is 1.40. The number of carboxylic acids is 1. The van der Waals surface area contributed by atoms with Crippen LogP contribution in [-0.2, 0) is 0 Å². The molecule has 2 rings (SSSR count). The van der Waals surface area contributed by atoms with Gasteiger partial charge >= 0.3 is 12.0 Å². The number of urea groups is 1. The zero-order chi connectivity index (χ0) is 14.5. The van der Waals surface area contributed by atoms with E-state index in [0.717, 1.165) is 44.1 Å². The smallest absolute Gasteiger partial charge is 0.335 e. The zero-order valence-electron chi connectivity index (χ0n) is 10.8. The van der Waals surface area contributed by atoms with Gasteiger partial charge in [0.15, 0.2) is 0 Å². The Labute approximate surface area is 115 Å². The van der Waals surface area contributed by atoms with E-state index in [4.69, 9.17) is 5.11 Å². The highest BCUT2D eigenvalue weighted by Gasteiger charge is 2.16. The summed E-state index contributed by atoms with van der Waals surface area (Å²) in [7, 11) is 0. The van der Waals surface area contributed by atoms with E-state index in [2.05, 4.69) is 16.0 Å². The van der Waals surface area contributed by atoms with Crippen molar-refractivity contribution in [2.45, 2.75) is 18.9 Å². The summed E-state index contributed by atoms with van der Waals surface area (Å²) >= 11 is 0. The van der Waals surface area contributed by atoms with Crippen LogP contribution >= 0.6 is 0 Å². The first kappa shape index (κ1) is 14.3. The number of piperidine rings is 1. The van der Waals surface area contributed by atoms with Crippen molar-refractivity contribution in [1.29, 1.82) is 0 Å². The average molecular weight is 281 g/mol. The average Bonchev–Trinajstić information content (AvgIpc) is 2.42. The molecule has 1 saturated heterocycles. The number of aromatic carboxylic acids is 1. The van der Waals surface area contributed by atoms with Crippen molar-refractivity contribution in [2.24, 2.45) is 0 Å². The molecule has 108 valence electrons. The summed E-state index contributed by atoms with van der Waals surface area (Å²) < 4.78 is 13.5. The molecule has 1 heterocycles. The largest absolute Gasteiger partial charge is 0.478 e. The Balaban J connectivity index is 1.99. The minimum atomic E-state index is -1.17. The molecule has 1 aromatic carbocycles. The van der Waals surface area contributed by atoms with E-state index >= 15 is 0 Å². The van der Waals surface area contributed by atoms with Gasteiger partial charge in [0.2, 0.25) is 0 Å². The summed E-state index contributed by atoms with van der Waals surface area (Å²) in [5.41, 5.74) is -0.222. The highest BCUT2D eigenvalue weighted by atomic mass is 19.1. The highest BCUT2D eigenvalue weighted by molar-refractivity contribution is 5.93. The number of nitrogens with one attached hydrogen (secondary N) is 3. The maximum atomic E-state index is 13.5. The van der Waals surface area contributed by atoms with E-state index in [9.17, 15) is 14.0 Å². The monoisotopic (exact) mass is 281 g/mol. The standard InChI is InChI=1S/C13H16FN3O3/c14-10-2-1-8(12(18)19)7-11(10)17-13(20)16-9-3-5-15-6-4-9/h1-2,7,9,15H,3-6H2,(H,18,19)(H2,16,17,20). The Kier molecular flexibility index (Phi) is 4.52. The number of hydrogen-bond acceptors (Lipinski definition) is 3. The Hall–Kier alpha value is -2.15. The first-order chi connectivity index (χ1) is 9.56. The number of hydrogen-bond donors (Lipinski definition) is 4. The van der Waals surface area contributed by atoms with Gasteiger partial charge in [-0.15, -0.1) is 0 Å². The molecule has 1 aliphatic rings. The molecule has 2 amide bonds. The van der Waals surface area contributed by atoms with Crippen molar-refractivity contribution < 1.29 is 19.1 Å². The second-order valence-corrected chi connectivity index (χ2v) is 4.62. The molecule has 0 atom stereocenters. The summed E-state index contributed by atoms with van der Waals surface area (Å²) in [4.78, 5) is 22.6. The summed E-state index contributed by atoms with van der Waals surface area (Å²) in [5, 5.41) is 17.1. The molecule has 4 N–H and O–H groups in total. The quantitative estimate of drug-likeness (QED) is 0.674. The molecule has 1 aliphatic heterocycles. The second kappa shape index (κ2) is 6.33. The lowest BCUT2D eigenvalue weighted by Gasteiger charge is -2.23. The van der Waals surface area contributed by atoms with Crippen LogP contribution in [0.15, 0.2) is 18.2 Å². The molecule has 0 spiro atoms. The van der Waals surface area contributed by atoms with Gasteiger partial charge in [-0.25, -0.2) is 14.0 Å². The number of carbonyl (C=O) groups is 2. The van der Waals surface area contributed by atoms with Crippen molar-refractivity contribution >= 4 is 17.7 Å². The molecular weight excluding hydrogens is 265 g/mol. The molecule has 20 heavy (non-hydrogen) atoms. The first-order valence-corrected chi connectivity index (χ1v) is 6.37. The van der Waals surface area contributed by atoms with Crippen LogP contribution < -0.4 is 16.0 Å². The number of amides is 2. The molecule has 0 bridgehead atoms. The van der Waals surface area contributed by atoms with Crippen molar-refractivity contribution in [2.75, 3.05) is 18.4 Å². The molecule has 0 radical (unpaired) electrons. The van der Waals surface area contributed by atoms with E-state index in [1.807, 2.05) is 0 Å². The molecule has 1 fully saturated rings. The van der Waals surface area contributed by atoms with Gasteiger partial charge in [0, 0.05) is 6.04 Å². The normalized spacial score (nSPS) is 15.7. The second-order valence-electron chi connectivity index (χ2n) is 4.62. The van der Waals surface area contributed by atoms with Gasteiger partial charge in [-0.2, -0.15) is 0 Å². The molecule has 7 heteroatoms. The van der Waals surface area contributed by atoms with Gasteiger partial charge in [0.1, 0.15) is 5.82 Å². The Morgan fingerprint density at radius 3 is 2.65 bits per heavy atom. The van der Waals surface area contributed by atoms with Gasteiger partial charge < -0.3 is 21.1 Å². The van der Waals surface area contributed by atoms with Crippen LogP contribution in [0.4, 0.5) is 14.9 Å². The van der Waals surface area contributed by atoms with Crippen molar-refractivity contribution in [3.8, 4) is 0 Å². The lowest BCUT2D eigenvalue weighted by atomic mass is 10.1. The van der Waals surface area contributed by atoms with Crippen LogP contribution in [0.3, 0.4) is 0 Å². The fraction of sp³-hybridized carbons (Fsp3) is 0.385. The van der Waals surface area contributed by atoms with E-state index in [0.29, 0.717) is 0 Å². The Bertz CT molecular complexity index is 516. The molecular formula is C13H16FN3O3. The number of carboxylic acid groups (broad SMARTS) is 1. The van der Waals surface area contributed by atoms with Gasteiger partial charge in [0.05, 0.1) is 11.3 Å². The van der Waals surface area contributed by atoms with Crippen LogP contribution in [0.1, 0.15) is 23.2 Å². The van der Waals surface area contributed by atoms with Crippen molar-refractivity contribution in [3.63, 3.8) is 0 Å². The maximum Gasteiger partial charge on any atom is 0.335 e. The highest BCUT2D eigenvalue weighted by Crippen LogP contribution is 2.16. The third-order valence-corrected chi connectivity index (χ3v) is 3.14. The third kappa shape index (κ3) is 3.67. The number of anilines is 1. The number of halogens is 1. The van der Waals surface area contributed by atoms with Crippen LogP contribution in [-0.4, -0.2) is 36.2 Å². The van der Waals surface area contributed by atoms with Crippen molar-refractivity contribution in [3.05, 3.63) is 29.6 Å². The Morgan fingerprint density at radius 2 is 2.00 bits per heavy atom. The molecule has 0 saturated carbocycles. The van der Waals surface area contributed by atoms with E-state index in [1.165, 1.54) is 0 Å². The van der Waals surface area contributed by atoms with Crippen LogP contribution in [0, 0.1) is 5.82 Å². The Morgan fingerprint density at radius 1 is 1.30 bits per heavy atom. The maximum absolute atomic E-state index is 13.5. The minimum Gasteiger partial charge on any atom is -0.478 e. The van der Waals surface area contributed by atoms with Gasteiger partial charge in [-0.05, 0) is 44.1 Å². The molecule has 0 aliphatic carbocycles. The predicted molar refractivity (Wildman–Crippen MR) is 71.4 cm³/mol. The lowest BCUT2D eigenvalue weighted by Crippen LogP contribution is -2.44. The van der Waals surface area contributed by atoms with Gasteiger partial charge in [-0.1, -0.05) is 0 Å². The van der Waals surface area contributed by atoms with Gasteiger partial charge in [-0.3, -0.25) is 0 Å². The zero-order valence-corrected chi connectivity index (χ0v) is 10.8. The summed E-state index contributed by atoms with van der Waals surface area (Å²) in [6.07, 6.45) is 1.62. The number of carbonyl (C=O) groups excluding carboxylic acids is 1. The number of benzene rings is 1. The third-order valence-electron chi connectivity index (χ3n) is 3.14.